The van der Waals surface area contributed by atoms with Crippen LogP contribution in [0.25, 0.3) is 0 Å². The third-order valence-electron chi connectivity index (χ3n) is 2.57. The molecule has 0 aliphatic carbocycles. The summed E-state index contributed by atoms with van der Waals surface area (Å²) in [6.07, 6.45) is 1.63. The van der Waals surface area contributed by atoms with Crippen molar-refractivity contribution in [2.45, 2.75) is 6.92 Å². The lowest BCUT2D eigenvalue weighted by Gasteiger charge is -2.11. The lowest BCUT2D eigenvalue weighted by atomic mass is 10.3. The van der Waals surface area contributed by atoms with Gasteiger partial charge < -0.3 is 10.1 Å². The van der Waals surface area contributed by atoms with Crippen LogP contribution in [0.1, 0.15) is 5.56 Å². The van der Waals surface area contributed by atoms with E-state index in [1.165, 1.54) is 7.11 Å². The Morgan fingerprint density at radius 1 is 1.25 bits per heavy atom. The van der Waals surface area contributed by atoms with Gasteiger partial charge in [-0.05, 0) is 42.8 Å². The van der Waals surface area contributed by atoms with Gasteiger partial charge >= 0.3 is 6.03 Å². The van der Waals surface area contributed by atoms with E-state index in [0.29, 0.717) is 22.3 Å². The maximum absolute atomic E-state index is 11.9. The standard InChI is InChI=1S/C14H14ClN3O2/c1-9-5-6-16-13(7-9)18-14(19)17-11-8-10(15)3-4-12(11)20-2/h3-8H,1-2H3,(H2,16,17,18,19). The zero-order valence-electron chi connectivity index (χ0n) is 11.1. The number of anilines is 2. The molecule has 5 nitrogen and oxygen atoms in total. The number of amides is 2. The second-order valence-electron chi connectivity index (χ2n) is 4.14. The Hall–Kier alpha value is -2.27. The van der Waals surface area contributed by atoms with Crippen molar-refractivity contribution in [3.8, 4) is 5.75 Å². The minimum absolute atomic E-state index is 0.413. The summed E-state index contributed by atoms with van der Waals surface area (Å²) >= 11 is 5.90. The van der Waals surface area contributed by atoms with E-state index in [9.17, 15) is 4.79 Å². The number of hydrogen-bond acceptors (Lipinski definition) is 3. The van der Waals surface area contributed by atoms with Crippen LogP contribution in [0.2, 0.25) is 5.02 Å². The van der Waals surface area contributed by atoms with Crippen LogP contribution in [0.4, 0.5) is 16.3 Å². The average Bonchev–Trinajstić information content (AvgIpc) is 2.38. The number of nitrogens with one attached hydrogen (secondary N) is 2. The summed E-state index contributed by atoms with van der Waals surface area (Å²) in [4.78, 5) is 16.0. The number of aryl methyl sites for hydroxylation is 1. The number of hydrogen-bond donors (Lipinski definition) is 2. The molecular weight excluding hydrogens is 278 g/mol. The number of urea groups is 1. The molecule has 6 heteroatoms. The van der Waals surface area contributed by atoms with Gasteiger partial charge in [-0.2, -0.15) is 0 Å². The topological polar surface area (TPSA) is 63.2 Å². The van der Waals surface area contributed by atoms with Crippen LogP contribution in [-0.2, 0) is 0 Å². The summed E-state index contributed by atoms with van der Waals surface area (Å²) in [6.45, 7) is 1.92. The molecule has 0 saturated heterocycles. The molecule has 20 heavy (non-hydrogen) atoms. The molecule has 0 aliphatic heterocycles. The van der Waals surface area contributed by atoms with Gasteiger partial charge in [-0.15, -0.1) is 0 Å². The Labute approximate surface area is 121 Å². The van der Waals surface area contributed by atoms with Crippen LogP contribution in [-0.4, -0.2) is 18.1 Å². The third kappa shape index (κ3) is 3.61. The SMILES string of the molecule is COc1ccc(Cl)cc1NC(=O)Nc1cc(C)ccn1. The van der Waals surface area contributed by atoms with Crippen molar-refractivity contribution in [2.75, 3.05) is 17.7 Å². The molecule has 0 saturated carbocycles. The fraction of sp³-hybridized carbons (Fsp3) is 0.143. The number of nitrogens with zero attached hydrogens (tertiary/aromatic N) is 1. The molecule has 0 bridgehead atoms. The van der Waals surface area contributed by atoms with Gasteiger partial charge in [0.05, 0.1) is 12.8 Å². The molecule has 1 heterocycles. The van der Waals surface area contributed by atoms with Crippen molar-refractivity contribution >= 4 is 29.1 Å². The third-order valence-corrected chi connectivity index (χ3v) is 2.80. The molecule has 104 valence electrons. The van der Waals surface area contributed by atoms with Gasteiger partial charge in [-0.1, -0.05) is 11.6 Å². The number of aromatic nitrogens is 1. The van der Waals surface area contributed by atoms with Crippen LogP contribution >= 0.6 is 11.6 Å². The van der Waals surface area contributed by atoms with Crippen molar-refractivity contribution < 1.29 is 9.53 Å². The zero-order chi connectivity index (χ0) is 14.5. The Bertz CT molecular complexity index is 632. The minimum Gasteiger partial charge on any atom is -0.495 e. The van der Waals surface area contributed by atoms with E-state index in [1.54, 1.807) is 30.5 Å². The lowest BCUT2D eigenvalue weighted by Crippen LogP contribution is -2.20. The van der Waals surface area contributed by atoms with E-state index in [1.807, 2.05) is 13.0 Å². The van der Waals surface area contributed by atoms with Gasteiger partial charge in [-0.25, -0.2) is 9.78 Å². The van der Waals surface area contributed by atoms with Gasteiger partial charge in [-0.3, -0.25) is 5.32 Å². The number of carbonyl (C=O) groups is 1. The molecule has 2 amide bonds. The van der Waals surface area contributed by atoms with Crippen LogP contribution in [0.5, 0.6) is 5.75 Å². The molecule has 0 radical (unpaired) electrons. The van der Waals surface area contributed by atoms with Crippen molar-refractivity contribution in [1.29, 1.82) is 0 Å². The van der Waals surface area contributed by atoms with Crippen molar-refractivity contribution in [3.05, 3.63) is 47.1 Å². The van der Waals surface area contributed by atoms with E-state index in [4.69, 9.17) is 16.3 Å². The average molecular weight is 292 g/mol. The molecular formula is C14H14ClN3O2. The molecule has 0 aliphatic rings. The van der Waals surface area contributed by atoms with Crippen LogP contribution in [0.15, 0.2) is 36.5 Å². The quantitative estimate of drug-likeness (QED) is 0.906. The summed E-state index contributed by atoms with van der Waals surface area (Å²) < 4.78 is 5.15. The predicted octanol–water partition coefficient (Wildman–Crippen LogP) is 3.70. The number of rotatable bonds is 3. The Morgan fingerprint density at radius 2 is 2.05 bits per heavy atom. The number of halogens is 1. The second-order valence-corrected chi connectivity index (χ2v) is 4.58. The monoisotopic (exact) mass is 291 g/mol. The summed E-state index contributed by atoms with van der Waals surface area (Å²) in [6, 6.07) is 8.19. The minimum atomic E-state index is -0.413. The van der Waals surface area contributed by atoms with E-state index in [2.05, 4.69) is 15.6 Å². The van der Waals surface area contributed by atoms with E-state index >= 15 is 0 Å². The number of pyridine rings is 1. The number of carbonyl (C=O) groups excluding carboxylic acids is 1. The van der Waals surface area contributed by atoms with Crippen molar-refractivity contribution in [1.82, 2.24) is 4.98 Å². The van der Waals surface area contributed by atoms with E-state index in [0.717, 1.165) is 5.56 Å². The molecule has 0 fully saturated rings. The highest BCUT2D eigenvalue weighted by molar-refractivity contribution is 6.31. The highest BCUT2D eigenvalue weighted by atomic mass is 35.5. The molecule has 1 aromatic heterocycles. The predicted molar refractivity (Wildman–Crippen MR) is 79.6 cm³/mol. The zero-order valence-corrected chi connectivity index (χ0v) is 11.9. The molecule has 2 aromatic rings. The van der Waals surface area contributed by atoms with Gasteiger partial charge in [0.2, 0.25) is 0 Å². The summed E-state index contributed by atoms with van der Waals surface area (Å²) in [5.41, 5.74) is 1.50. The normalized spacial score (nSPS) is 9.95. The van der Waals surface area contributed by atoms with Crippen LogP contribution in [0.3, 0.4) is 0 Å². The number of methoxy groups -OCH3 is 1. The van der Waals surface area contributed by atoms with Gasteiger partial charge in [0.25, 0.3) is 0 Å². The first-order valence-corrected chi connectivity index (χ1v) is 6.30. The number of benzene rings is 1. The fourth-order valence-corrected chi connectivity index (χ4v) is 1.82. The van der Waals surface area contributed by atoms with Crippen LogP contribution in [0, 0.1) is 6.92 Å². The van der Waals surface area contributed by atoms with Crippen molar-refractivity contribution in [2.24, 2.45) is 0 Å². The van der Waals surface area contributed by atoms with Crippen molar-refractivity contribution in [3.63, 3.8) is 0 Å². The maximum Gasteiger partial charge on any atom is 0.324 e. The van der Waals surface area contributed by atoms with Crippen LogP contribution < -0.4 is 15.4 Å². The van der Waals surface area contributed by atoms with E-state index in [-0.39, 0.29) is 0 Å². The fourth-order valence-electron chi connectivity index (χ4n) is 1.65. The first kappa shape index (κ1) is 14.1. The summed E-state index contributed by atoms with van der Waals surface area (Å²) in [5, 5.41) is 5.82. The van der Waals surface area contributed by atoms with Gasteiger partial charge in [0.15, 0.2) is 0 Å². The molecule has 2 rings (SSSR count). The Balaban J connectivity index is 2.10. The molecule has 0 atom stereocenters. The second kappa shape index (κ2) is 6.25. The Kier molecular flexibility index (Phi) is 4.42. The maximum atomic E-state index is 11.9. The van der Waals surface area contributed by atoms with E-state index < -0.39 is 6.03 Å². The first-order valence-electron chi connectivity index (χ1n) is 5.92. The smallest absolute Gasteiger partial charge is 0.324 e. The molecule has 1 aromatic carbocycles. The van der Waals surface area contributed by atoms with Gasteiger partial charge in [0, 0.05) is 11.2 Å². The largest absolute Gasteiger partial charge is 0.495 e. The summed E-state index contributed by atoms with van der Waals surface area (Å²) in [7, 11) is 1.52. The molecule has 0 spiro atoms. The Morgan fingerprint density at radius 3 is 2.75 bits per heavy atom. The van der Waals surface area contributed by atoms with Gasteiger partial charge in [0.1, 0.15) is 11.6 Å². The molecule has 2 N–H and O–H groups in total. The highest BCUT2D eigenvalue weighted by Gasteiger charge is 2.08. The number of ether oxygens (including phenoxy) is 1. The first-order chi connectivity index (χ1) is 9.58. The highest BCUT2D eigenvalue weighted by Crippen LogP contribution is 2.27. The molecule has 0 unspecified atom stereocenters. The lowest BCUT2D eigenvalue weighted by molar-refractivity contribution is 0.262. The summed E-state index contributed by atoms with van der Waals surface area (Å²) in [5.74, 6) is 1.00.